The van der Waals surface area contributed by atoms with Crippen LogP contribution in [-0.4, -0.2) is 30.3 Å². The van der Waals surface area contributed by atoms with Crippen LogP contribution in [0, 0.1) is 5.92 Å². The Morgan fingerprint density at radius 1 is 1.48 bits per heavy atom. The Bertz CT molecular complexity index is 510. The van der Waals surface area contributed by atoms with Gasteiger partial charge in [0.1, 0.15) is 5.75 Å². The average Bonchev–Trinajstić information content (AvgIpc) is 2.50. The molecule has 116 valence electrons. The van der Waals surface area contributed by atoms with Gasteiger partial charge in [0.2, 0.25) is 0 Å². The molecule has 0 aromatic heterocycles. The van der Waals surface area contributed by atoms with E-state index < -0.39 is 5.54 Å². The molecule has 2 rings (SSSR count). The molecule has 2 N–H and O–H groups in total. The number of ether oxygens (including phenoxy) is 1. The van der Waals surface area contributed by atoms with Crippen molar-refractivity contribution in [3.8, 4) is 5.75 Å². The molecule has 1 aromatic rings. The zero-order valence-electron chi connectivity index (χ0n) is 12.5. The summed E-state index contributed by atoms with van der Waals surface area (Å²) in [6.07, 6.45) is 3.69. The van der Waals surface area contributed by atoms with Crippen LogP contribution in [0.1, 0.15) is 43.0 Å². The molecule has 0 spiro atoms. The Morgan fingerprint density at radius 2 is 2.14 bits per heavy atom. The van der Waals surface area contributed by atoms with Crippen molar-refractivity contribution in [3.63, 3.8) is 0 Å². The number of methoxy groups -OCH3 is 1. The van der Waals surface area contributed by atoms with Gasteiger partial charge in [0, 0.05) is 4.47 Å². The summed E-state index contributed by atoms with van der Waals surface area (Å²) in [6, 6.07) is 5.29. The first kappa shape index (κ1) is 16.3. The predicted molar refractivity (Wildman–Crippen MR) is 85.6 cm³/mol. The maximum atomic E-state index is 12.5. The van der Waals surface area contributed by atoms with Gasteiger partial charge in [-0.1, -0.05) is 6.92 Å². The van der Waals surface area contributed by atoms with Crippen molar-refractivity contribution < 1.29 is 14.6 Å². The molecule has 5 heteroatoms. The van der Waals surface area contributed by atoms with Gasteiger partial charge in [0.15, 0.2) is 0 Å². The molecule has 1 aliphatic carbocycles. The topological polar surface area (TPSA) is 58.6 Å². The van der Waals surface area contributed by atoms with Crippen LogP contribution in [0.25, 0.3) is 0 Å². The quantitative estimate of drug-likeness (QED) is 0.872. The van der Waals surface area contributed by atoms with Crippen LogP contribution in [0.3, 0.4) is 0 Å². The molecule has 1 aromatic carbocycles. The van der Waals surface area contributed by atoms with Crippen LogP contribution in [0.15, 0.2) is 22.7 Å². The molecule has 0 saturated heterocycles. The minimum Gasteiger partial charge on any atom is -0.497 e. The standard InChI is InChI=1S/C16H22BrNO3/c1-11-5-7-16(10-19,8-6-11)18-15(20)13-9-12(21-2)3-4-14(13)17/h3-4,9,11,19H,5-8,10H2,1-2H3,(H,18,20). The summed E-state index contributed by atoms with van der Waals surface area (Å²) in [4.78, 5) is 12.5. The summed E-state index contributed by atoms with van der Waals surface area (Å²) in [5, 5.41) is 12.8. The number of rotatable bonds is 4. The number of aliphatic hydroxyl groups is 1. The Hall–Kier alpha value is -1.07. The summed E-state index contributed by atoms with van der Waals surface area (Å²) < 4.78 is 5.89. The molecular formula is C16H22BrNO3. The van der Waals surface area contributed by atoms with Gasteiger partial charge in [0.05, 0.1) is 24.8 Å². The molecule has 1 saturated carbocycles. The normalized spacial score (nSPS) is 25.4. The number of carbonyl (C=O) groups excluding carboxylic acids is 1. The Labute approximate surface area is 134 Å². The largest absolute Gasteiger partial charge is 0.497 e. The van der Waals surface area contributed by atoms with E-state index in [1.807, 2.05) is 0 Å². The zero-order chi connectivity index (χ0) is 15.5. The van der Waals surface area contributed by atoms with Crippen LogP contribution < -0.4 is 10.1 Å². The molecule has 4 nitrogen and oxygen atoms in total. The second kappa shape index (κ2) is 6.79. The fourth-order valence-corrected chi connectivity index (χ4v) is 3.18. The first-order valence-corrected chi connectivity index (χ1v) is 8.06. The lowest BCUT2D eigenvalue weighted by Gasteiger charge is -2.38. The van der Waals surface area contributed by atoms with Gasteiger partial charge in [-0.3, -0.25) is 4.79 Å². The highest BCUT2D eigenvalue weighted by atomic mass is 79.9. The van der Waals surface area contributed by atoms with E-state index in [0.717, 1.165) is 30.2 Å². The third-order valence-corrected chi connectivity index (χ3v) is 5.02. The van der Waals surface area contributed by atoms with Gasteiger partial charge >= 0.3 is 0 Å². The minimum atomic E-state index is -0.494. The first-order chi connectivity index (χ1) is 9.99. The number of hydrogen-bond donors (Lipinski definition) is 2. The Morgan fingerprint density at radius 3 is 2.71 bits per heavy atom. The SMILES string of the molecule is COc1ccc(Br)c(C(=O)NC2(CO)CCC(C)CC2)c1. The number of benzene rings is 1. The summed E-state index contributed by atoms with van der Waals surface area (Å²) in [5.74, 6) is 1.12. The predicted octanol–water partition coefficient (Wildman–Crippen LogP) is 3.13. The summed E-state index contributed by atoms with van der Waals surface area (Å²) >= 11 is 3.40. The molecule has 0 aliphatic heterocycles. The van der Waals surface area contributed by atoms with E-state index in [1.165, 1.54) is 0 Å². The first-order valence-electron chi connectivity index (χ1n) is 7.26. The maximum absolute atomic E-state index is 12.5. The lowest BCUT2D eigenvalue weighted by atomic mass is 9.77. The highest BCUT2D eigenvalue weighted by Gasteiger charge is 2.35. The van der Waals surface area contributed by atoms with Crippen LogP contribution in [0.5, 0.6) is 5.75 Å². The highest BCUT2D eigenvalue weighted by molar-refractivity contribution is 9.10. The van der Waals surface area contributed by atoms with Crippen LogP contribution >= 0.6 is 15.9 Å². The molecule has 1 aliphatic rings. The van der Waals surface area contributed by atoms with Gasteiger partial charge in [-0.05, 0) is 65.7 Å². The van der Waals surface area contributed by atoms with Crippen molar-refractivity contribution in [2.75, 3.05) is 13.7 Å². The van der Waals surface area contributed by atoms with Gasteiger partial charge in [-0.15, -0.1) is 0 Å². The average molecular weight is 356 g/mol. The van der Waals surface area contributed by atoms with E-state index in [2.05, 4.69) is 28.2 Å². The van der Waals surface area contributed by atoms with E-state index in [-0.39, 0.29) is 12.5 Å². The number of aliphatic hydroxyl groups excluding tert-OH is 1. The summed E-state index contributed by atoms with van der Waals surface area (Å²) in [7, 11) is 1.57. The lowest BCUT2D eigenvalue weighted by molar-refractivity contribution is 0.0716. The minimum absolute atomic E-state index is 0.0208. The van der Waals surface area contributed by atoms with Gasteiger partial charge in [-0.2, -0.15) is 0 Å². The van der Waals surface area contributed by atoms with E-state index in [1.54, 1.807) is 25.3 Å². The van der Waals surface area contributed by atoms with Crippen molar-refractivity contribution in [1.82, 2.24) is 5.32 Å². The molecule has 0 unspecified atom stereocenters. The van der Waals surface area contributed by atoms with Crippen molar-refractivity contribution >= 4 is 21.8 Å². The van der Waals surface area contributed by atoms with Gasteiger partial charge in [-0.25, -0.2) is 0 Å². The van der Waals surface area contributed by atoms with Gasteiger partial charge in [0.25, 0.3) is 5.91 Å². The fourth-order valence-electron chi connectivity index (χ4n) is 2.75. The smallest absolute Gasteiger partial charge is 0.253 e. The molecule has 1 fully saturated rings. The number of nitrogens with one attached hydrogen (secondary N) is 1. The third-order valence-electron chi connectivity index (χ3n) is 4.33. The number of amides is 1. The Balaban J connectivity index is 2.16. The van der Waals surface area contributed by atoms with Gasteiger partial charge < -0.3 is 15.2 Å². The zero-order valence-corrected chi connectivity index (χ0v) is 14.1. The molecule has 1 amide bonds. The van der Waals surface area contributed by atoms with E-state index in [9.17, 15) is 9.90 Å². The molecule has 0 atom stereocenters. The fraction of sp³-hybridized carbons (Fsp3) is 0.562. The van der Waals surface area contributed by atoms with E-state index in [4.69, 9.17) is 4.74 Å². The second-order valence-corrected chi connectivity index (χ2v) is 6.78. The van der Waals surface area contributed by atoms with Crippen molar-refractivity contribution in [2.24, 2.45) is 5.92 Å². The lowest BCUT2D eigenvalue weighted by Crippen LogP contribution is -2.53. The molecule has 0 radical (unpaired) electrons. The van der Waals surface area contributed by atoms with Crippen LogP contribution in [-0.2, 0) is 0 Å². The number of hydrogen-bond acceptors (Lipinski definition) is 3. The number of halogens is 1. The summed E-state index contributed by atoms with van der Waals surface area (Å²) in [6.45, 7) is 2.19. The molecule has 0 bridgehead atoms. The maximum Gasteiger partial charge on any atom is 0.253 e. The third kappa shape index (κ3) is 3.77. The van der Waals surface area contributed by atoms with Crippen molar-refractivity contribution in [1.29, 1.82) is 0 Å². The molecular weight excluding hydrogens is 334 g/mol. The Kier molecular flexibility index (Phi) is 5.27. The monoisotopic (exact) mass is 355 g/mol. The second-order valence-electron chi connectivity index (χ2n) is 5.92. The van der Waals surface area contributed by atoms with Crippen molar-refractivity contribution in [2.45, 2.75) is 38.1 Å². The highest BCUT2D eigenvalue weighted by Crippen LogP contribution is 2.32. The number of carbonyl (C=O) groups is 1. The van der Waals surface area contributed by atoms with Crippen molar-refractivity contribution in [3.05, 3.63) is 28.2 Å². The molecule has 0 heterocycles. The van der Waals surface area contributed by atoms with E-state index in [0.29, 0.717) is 17.2 Å². The van der Waals surface area contributed by atoms with E-state index >= 15 is 0 Å². The molecule has 21 heavy (non-hydrogen) atoms. The van der Waals surface area contributed by atoms with Crippen LogP contribution in [0.2, 0.25) is 0 Å². The summed E-state index contributed by atoms with van der Waals surface area (Å²) in [5.41, 5.74) is 0.0346. The van der Waals surface area contributed by atoms with Crippen LogP contribution in [0.4, 0.5) is 0 Å².